The van der Waals surface area contributed by atoms with Gasteiger partial charge >= 0.3 is 0 Å². The number of hydrogen-bond donors (Lipinski definition) is 2. The molecule has 1 aromatic rings. The number of likely N-dealkylation sites (N-methyl/N-ethyl adjacent to an activating group) is 1. The van der Waals surface area contributed by atoms with Gasteiger partial charge in [-0.1, -0.05) is 43.6 Å². The van der Waals surface area contributed by atoms with Crippen LogP contribution in [0.15, 0.2) is 29.3 Å². The summed E-state index contributed by atoms with van der Waals surface area (Å²) in [5.74, 6) is 1.60. The van der Waals surface area contributed by atoms with E-state index in [1.54, 1.807) is 0 Å². The molecule has 1 saturated heterocycles. The Balaban J connectivity index is 1.95. The minimum atomic E-state index is 0.218. The molecule has 1 fully saturated rings. The molecular formula is C21H36ClN5. The highest BCUT2D eigenvalue weighted by Crippen LogP contribution is 2.27. The summed E-state index contributed by atoms with van der Waals surface area (Å²) in [5, 5.41) is 7.86. The van der Waals surface area contributed by atoms with Gasteiger partial charge in [0.15, 0.2) is 5.96 Å². The zero-order valence-electron chi connectivity index (χ0n) is 17.3. The predicted octanol–water partition coefficient (Wildman–Crippen LogP) is 3.23. The van der Waals surface area contributed by atoms with Crippen LogP contribution in [0.4, 0.5) is 0 Å². The number of halogens is 1. The fourth-order valence-corrected chi connectivity index (χ4v) is 4.03. The van der Waals surface area contributed by atoms with Crippen molar-refractivity contribution in [2.24, 2.45) is 10.9 Å². The first-order chi connectivity index (χ1) is 13.1. The summed E-state index contributed by atoms with van der Waals surface area (Å²) in [4.78, 5) is 9.25. The van der Waals surface area contributed by atoms with Crippen molar-refractivity contribution < 1.29 is 0 Å². The molecule has 0 amide bonds. The molecule has 0 aromatic heterocycles. The number of aliphatic imine (C=N–C) groups is 1. The second-order valence-electron chi connectivity index (χ2n) is 7.34. The standard InChI is InChI=1S/C21H36ClN5/c1-5-27(6-2)20(18-9-7-8-10-19(18)22)16-25-21(23-3)24-15-17-11-13-26(4)14-12-17/h7-10,17,20H,5-6,11-16H2,1-4H3,(H2,23,24,25). The lowest BCUT2D eigenvalue weighted by atomic mass is 9.97. The molecule has 0 radical (unpaired) electrons. The van der Waals surface area contributed by atoms with Crippen LogP contribution in [-0.2, 0) is 0 Å². The van der Waals surface area contributed by atoms with Crippen LogP contribution in [0.25, 0.3) is 0 Å². The highest BCUT2D eigenvalue weighted by molar-refractivity contribution is 6.31. The number of nitrogens with zero attached hydrogens (tertiary/aromatic N) is 3. The van der Waals surface area contributed by atoms with E-state index in [0.717, 1.165) is 43.1 Å². The van der Waals surface area contributed by atoms with Crippen molar-refractivity contribution in [1.82, 2.24) is 20.4 Å². The van der Waals surface area contributed by atoms with Crippen LogP contribution in [0.5, 0.6) is 0 Å². The quantitative estimate of drug-likeness (QED) is 0.525. The van der Waals surface area contributed by atoms with E-state index < -0.39 is 0 Å². The van der Waals surface area contributed by atoms with Gasteiger partial charge in [0.2, 0.25) is 0 Å². The highest BCUT2D eigenvalue weighted by atomic mass is 35.5. The molecule has 5 nitrogen and oxygen atoms in total. The second-order valence-corrected chi connectivity index (χ2v) is 7.75. The fraction of sp³-hybridized carbons (Fsp3) is 0.667. The number of benzene rings is 1. The predicted molar refractivity (Wildman–Crippen MR) is 117 cm³/mol. The van der Waals surface area contributed by atoms with Crippen molar-refractivity contribution in [3.8, 4) is 0 Å². The molecule has 1 unspecified atom stereocenters. The molecule has 1 heterocycles. The monoisotopic (exact) mass is 393 g/mol. The Morgan fingerprint density at radius 2 is 1.89 bits per heavy atom. The molecule has 0 aliphatic carbocycles. The zero-order chi connectivity index (χ0) is 19.6. The zero-order valence-corrected chi connectivity index (χ0v) is 18.1. The molecule has 152 valence electrons. The third-order valence-electron chi connectivity index (χ3n) is 5.60. The van der Waals surface area contributed by atoms with Gasteiger partial charge in [0.1, 0.15) is 0 Å². The molecule has 1 aliphatic rings. The van der Waals surface area contributed by atoms with E-state index in [2.05, 4.69) is 58.5 Å². The average molecular weight is 394 g/mol. The first-order valence-electron chi connectivity index (χ1n) is 10.2. The summed E-state index contributed by atoms with van der Waals surface area (Å²) in [6.07, 6.45) is 2.50. The summed E-state index contributed by atoms with van der Waals surface area (Å²) in [6, 6.07) is 8.36. The van der Waals surface area contributed by atoms with Gasteiger partial charge in [0.05, 0.1) is 6.04 Å². The number of piperidine rings is 1. The molecule has 0 bridgehead atoms. The van der Waals surface area contributed by atoms with Gasteiger partial charge in [-0.25, -0.2) is 0 Å². The van der Waals surface area contributed by atoms with Gasteiger partial charge in [0.25, 0.3) is 0 Å². The van der Waals surface area contributed by atoms with Crippen LogP contribution in [0.3, 0.4) is 0 Å². The summed E-state index contributed by atoms with van der Waals surface area (Å²) in [6.45, 7) is 10.5. The van der Waals surface area contributed by atoms with E-state index >= 15 is 0 Å². The van der Waals surface area contributed by atoms with Gasteiger partial charge < -0.3 is 15.5 Å². The van der Waals surface area contributed by atoms with Gasteiger partial charge in [0, 0.05) is 25.2 Å². The maximum atomic E-state index is 6.50. The Kier molecular flexibility index (Phi) is 9.39. The minimum absolute atomic E-state index is 0.218. The smallest absolute Gasteiger partial charge is 0.191 e. The molecule has 1 aromatic carbocycles. The van der Waals surface area contributed by atoms with E-state index in [9.17, 15) is 0 Å². The van der Waals surface area contributed by atoms with Crippen LogP contribution < -0.4 is 10.6 Å². The third-order valence-corrected chi connectivity index (χ3v) is 5.94. The van der Waals surface area contributed by atoms with Gasteiger partial charge in [-0.2, -0.15) is 0 Å². The van der Waals surface area contributed by atoms with Crippen molar-refractivity contribution in [2.75, 3.05) is 53.4 Å². The normalized spacial score (nSPS) is 17.9. The van der Waals surface area contributed by atoms with Crippen LogP contribution in [0.2, 0.25) is 5.02 Å². The molecule has 6 heteroatoms. The third kappa shape index (κ3) is 6.66. The number of guanidine groups is 1. The summed E-state index contributed by atoms with van der Waals surface area (Å²) in [5.41, 5.74) is 1.17. The molecule has 2 rings (SSSR count). The lowest BCUT2D eigenvalue weighted by Gasteiger charge is -2.32. The van der Waals surface area contributed by atoms with Crippen LogP contribution >= 0.6 is 11.6 Å². The lowest BCUT2D eigenvalue weighted by molar-refractivity contribution is 0.216. The Bertz CT molecular complexity index is 580. The summed E-state index contributed by atoms with van der Waals surface area (Å²) < 4.78 is 0. The first kappa shape index (κ1) is 22.0. The molecule has 1 aliphatic heterocycles. The Morgan fingerprint density at radius 1 is 1.22 bits per heavy atom. The van der Waals surface area contributed by atoms with Crippen molar-refractivity contribution in [1.29, 1.82) is 0 Å². The minimum Gasteiger partial charge on any atom is -0.356 e. The fourth-order valence-electron chi connectivity index (χ4n) is 3.77. The van der Waals surface area contributed by atoms with E-state index in [1.165, 1.54) is 31.5 Å². The maximum Gasteiger partial charge on any atom is 0.191 e. The van der Waals surface area contributed by atoms with Crippen LogP contribution in [0, 0.1) is 5.92 Å². The van der Waals surface area contributed by atoms with Crippen molar-refractivity contribution >= 4 is 17.6 Å². The molecule has 0 saturated carbocycles. The van der Waals surface area contributed by atoms with Gasteiger partial charge in [-0.15, -0.1) is 0 Å². The Morgan fingerprint density at radius 3 is 2.48 bits per heavy atom. The topological polar surface area (TPSA) is 42.9 Å². The van der Waals surface area contributed by atoms with E-state index in [-0.39, 0.29) is 6.04 Å². The van der Waals surface area contributed by atoms with E-state index in [0.29, 0.717) is 0 Å². The first-order valence-corrected chi connectivity index (χ1v) is 10.6. The van der Waals surface area contributed by atoms with Crippen LogP contribution in [0.1, 0.15) is 38.3 Å². The maximum absolute atomic E-state index is 6.50. The Hall–Kier alpha value is -1.30. The summed E-state index contributed by atoms with van der Waals surface area (Å²) >= 11 is 6.50. The molecule has 0 spiro atoms. The Labute approximate surface area is 170 Å². The van der Waals surface area contributed by atoms with Gasteiger partial charge in [-0.3, -0.25) is 9.89 Å². The van der Waals surface area contributed by atoms with Crippen LogP contribution in [-0.4, -0.2) is 69.1 Å². The molecule has 2 N–H and O–H groups in total. The number of nitrogens with one attached hydrogen (secondary N) is 2. The average Bonchev–Trinajstić information content (AvgIpc) is 2.69. The van der Waals surface area contributed by atoms with Crippen molar-refractivity contribution in [3.63, 3.8) is 0 Å². The number of rotatable bonds is 8. The van der Waals surface area contributed by atoms with Crippen molar-refractivity contribution in [3.05, 3.63) is 34.9 Å². The second kappa shape index (κ2) is 11.5. The summed E-state index contributed by atoms with van der Waals surface area (Å²) in [7, 11) is 4.04. The van der Waals surface area contributed by atoms with Crippen molar-refractivity contribution in [2.45, 2.75) is 32.7 Å². The number of hydrogen-bond acceptors (Lipinski definition) is 3. The molecule has 27 heavy (non-hydrogen) atoms. The number of likely N-dealkylation sites (tertiary alicyclic amines) is 1. The molecule has 1 atom stereocenters. The lowest BCUT2D eigenvalue weighted by Crippen LogP contribution is -2.45. The largest absolute Gasteiger partial charge is 0.356 e. The highest BCUT2D eigenvalue weighted by Gasteiger charge is 2.21. The SMILES string of the molecule is CCN(CC)C(CNC(=NC)NCC1CCN(C)CC1)c1ccccc1Cl. The van der Waals surface area contributed by atoms with E-state index in [1.807, 2.05) is 19.2 Å². The van der Waals surface area contributed by atoms with Gasteiger partial charge in [-0.05, 0) is 63.6 Å². The molecular weight excluding hydrogens is 358 g/mol. The van der Waals surface area contributed by atoms with E-state index in [4.69, 9.17) is 11.6 Å².